The number of benzene rings is 1. The monoisotopic (exact) mass is 279 g/mol. The second-order valence-corrected chi connectivity index (χ2v) is 4.92. The van der Waals surface area contributed by atoms with Crippen LogP contribution in [0.3, 0.4) is 0 Å². The van der Waals surface area contributed by atoms with Crippen LogP contribution in [0.5, 0.6) is 5.75 Å². The van der Waals surface area contributed by atoms with Crippen LogP contribution in [0.1, 0.15) is 30.9 Å². The minimum absolute atomic E-state index is 0.0661. The van der Waals surface area contributed by atoms with Crippen LogP contribution in [0, 0.1) is 13.8 Å². The zero-order chi connectivity index (χ0) is 15.0. The van der Waals surface area contributed by atoms with Crippen LogP contribution in [0.25, 0.3) is 0 Å². The summed E-state index contributed by atoms with van der Waals surface area (Å²) in [6.07, 6.45) is 1.00. The first-order chi connectivity index (χ1) is 9.58. The molecule has 0 bridgehead atoms. The molecule has 20 heavy (non-hydrogen) atoms. The summed E-state index contributed by atoms with van der Waals surface area (Å²) in [5.41, 5.74) is 2.24. The molecule has 0 aliphatic carbocycles. The van der Waals surface area contributed by atoms with Gasteiger partial charge in [0.05, 0.1) is 0 Å². The van der Waals surface area contributed by atoms with Crippen molar-refractivity contribution in [2.24, 2.45) is 0 Å². The molecule has 1 aromatic rings. The van der Waals surface area contributed by atoms with E-state index < -0.39 is 6.10 Å². The summed E-state index contributed by atoms with van der Waals surface area (Å²) < 4.78 is 10.8. The molecule has 0 fully saturated rings. The van der Waals surface area contributed by atoms with E-state index in [9.17, 15) is 4.79 Å². The maximum atomic E-state index is 12.0. The van der Waals surface area contributed by atoms with Gasteiger partial charge in [0.25, 0.3) is 5.91 Å². The standard InChI is InChI=1S/C16H25NO3/c1-5-14(16(18)17-9-6-10-19-4)20-15-8-7-12(2)11-13(15)3/h7-8,11,14H,5-6,9-10H2,1-4H3,(H,17,18). The SMILES string of the molecule is CCC(Oc1ccc(C)cc1C)C(=O)NCCCOC. The van der Waals surface area contributed by atoms with E-state index in [-0.39, 0.29) is 5.91 Å². The highest BCUT2D eigenvalue weighted by molar-refractivity contribution is 5.81. The fourth-order valence-electron chi connectivity index (χ4n) is 1.95. The van der Waals surface area contributed by atoms with Crippen LogP contribution in [0.2, 0.25) is 0 Å². The topological polar surface area (TPSA) is 47.6 Å². The summed E-state index contributed by atoms with van der Waals surface area (Å²) in [6.45, 7) is 7.24. The van der Waals surface area contributed by atoms with Crippen LogP contribution >= 0.6 is 0 Å². The Kier molecular flexibility index (Phi) is 7.09. The molecule has 1 atom stereocenters. The number of rotatable bonds is 8. The molecule has 0 saturated heterocycles. The third-order valence-corrected chi connectivity index (χ3v) is 3.09. The molecular weight excluding hydrogens is 254 g/mol. The van der Waals surface area contributed by atoms with Gasteiger partial charge in [0.1, 0.15) is 5.75 Å². The second-order valence-electron chi connectivity index (χ2n) is 4.92. The quantitative estimate of drug-likeness (QED) is 0.744. The molecule has 0 aliphatic rings. The van der Waals surface area contributed by atoms with Gasteiger partial charge < -0.3 is 14.8 Å². The molecule has 0 radical (unpaired) electrons. The van der Waals surface area contributed by atoms with Crippen LogP contribution in [-0.2, 0) is 9.53 Å². The maximum Gasteiger partial charge on any atom is 0.261 e. The molecule has 0 spiro atoms. The Bertz CT molecular complexity index is 432. The number of hydrogen-bond acceptors (Lipinski definition) is 3. The number of aryl methyl sites for hydroxylation is 2. The lowest BCUT2D eigenvalue weighted by Crippen LogP contribution is -2.38. The van der Waals surface area contributed by atoms with Crippen LogP contribution in [0.15, 0.2) is 18.2 Å². The predicted octanol–water partition coefficient (Wildman–Crippen LogP) is 2.61. The van der Waals surface area contributed by atoms with E-state index in [1.807, 2.05) is 32.9 Å². The molecule has 4 heteroatoms. The molecule has 1 unspecified atom stereocenters. The van der Waals surface area contributed by atoms with Gasteiger partial charge in [0.2, 0.25) is 0 Å². The maximum absolute atomic E-state index is 12.0. The van der Waals surface area contributed by atoms with E-state index in [2.05, 4.69) is 11.4 Å². The van der Waals surface area contributed by atoms with Crippen molar-refractivity contribution in [2.45, 2.75) is 39.7 Å². The number of ether oxygens (including phenoxy) is 2. The molecular formula is C16H25NO3. The van der Waals surface area contributed by atoms with Gasteiger partial charge in [-0.25, -0.2) is 0 Å². The minimum atomic E-state index is -0.445. The average Bonchev–Trinajstić information content (AvgIpc) is 2.42. The number of carbonyl (C=O) groups is 1. The average molecular weight is 279 g/mol. The number of hydrogen-bond donors (Lipinski definition) is 1. The van der Waals surface area contributed by atoms with Crippen LogP contribution in [-0.4, -0.2) is 32.3 Å². The predicted molar refractivity (Wildman–Crippen MR) is 80.1 cm³/mol. The molecule has 112 valence electrons. The van der Waals surface area contributed by atoms with Crippen LogP contribution in [0.4, 0.5) is 0 Å². The first kappa shape index (κ1) is 16.5. The molecule has 1 rings (SSSR count). The van der Waals surface area contributed by atoms with Crippen molar-refractivity contribution in [3.8, 4) is 5.75 Å². The van der Waals surface area contributed by atoms with Crippen molar-refractivity contribution in [1.82, 2.24) is 5.32 Å². The molecule has 1 amide bonds. The molecule has 1 N–H and O–H groups in total. The van der Waals surface area contributed by atoms with E-state index in [1.165, 1.54) is 5.56 Å². The Labute approximate surface area is 121 Å². The lowest BCUT2D eigenvalue weighted by molar-refractivity contribution is -0.128. The zero-order valence-electron chi connectivity index (χ0n) is 12.9. The molecule has 0 aliphatic heterocycles. The highest BCUT2D eigenvalue weighted by Crippen LogP contribution is 2.20. The number of methoxy groups -OCH3 is 1. The largest absolute Gasteiger partial charge is 0.480 e. The fraction of sp³-hybridized carbons (Fsp3) is 0.562. The third kappa shape index (κ3) is 5.21. The van der Waals surface area contributed by atoms with E-state index in [1.54, 1.807) is 7.11 Å². The molecule has 4 nitrogen and oxygen atoms in total. The summed E-state index contributed by atoms with van der Waals surface area (Å²) >= 11 is 0. The van der Waals surface area contributed by atoms with E-state index in [4.69, 9.17) is 9.47 Å². The van der Waals surface area contributed by atoms with Gasteiger partial charge in [-0.3, -0.25) is 4.79 Å². The van der Waals surface area contributed by atoms with Crippen LogP contribution < -0.4 is 10.1 Å². The van der Waals surface area contributed by atoms with Gasteiger partial charge in [0, 0.05) is 20.3 Å². The van der Waals surface area contributed by atoms with Crippen molar-refractivity contribution in [3.63, 3.8) is 0 Å². The lowest BCUT2D eigenvalue weighted by atomic mass is 10.1. The van der Waals surface area contributed by atoms with Gasteiger partial charge in [-0.05, 0) is 38.3 Å². The lowest BCUT2D eigenvalue weighted by Gasteiger charge is -2.18. The Hall–Kier alpha value is -1.55. The summed E-state index contributed by atoms with van der Waals surface area (Å²) in [6, 6.07) is 5.97. The molecule has 0 saturated carbocycles. The van der Waals surface area contributed by atoms with E-state index >= 15 is 0 Å². The number of carbonyl (C=O) groups excluding carboxylic acids is 1. The normalized spacial score (nSPS) is 12.0. The van der Waals surface area contributed by atoms with E-state index in [0.29, 0.717) is 19.6 Å². The van der Waals surface area contributed by atoms with Crippen molar-refractivity contribution < 1.29 is 14.3 Å². The summed E-state index contributed by atoms with van der Waals surface area (Å²) in [4.78, 5) is 12.0. The highest BCUT2D eigenvalue weighted by Gasteiger charge is 2.18. The number of nitrogens with one attached hydrogen (secondary N) is 1. The van der Waals surface area contributed by atoms with Crippen molar-refractivity contribution in [1.29, 1.82) is 0 Å². The first-order valence-electron chi connectivity index (χ1n) is 7.09. The Morgan fingerprint density at radius 2 is 2.10 bits per heavy atom. The Morgan fingerprint density at radius 3 is 2.70 bits per heavy atom. The third-order valence-electron chi connectivity index (χ3n) is 3.09. The van der Waals surface area contributed by atoms with Crippen molar-refractivity contribution in [3.05, 3.63) is 29.3 Å². The summed E-state index contributed by atoms with van der Waals surface area (Å²) in [7, 11) is 1.65. The zero-order valence-corrected chi connectivity index (χ0v) is 12.9. The summed E-state index contributed by atoms with van der Waals surface area (Å²) in [5.74, 6) is 0.707. The summed E-state index contributed by atoms with van der Waals surface area (Å²) in [5, 5.41) is 2.88. The highest BCUT2D eigenvalue weighted by atomic mass is 16.5. The van der Waals surface area contributed by atoms with Crippen molar-refractivity contribution >= 4 is 5.91 Å². The van der Waals surface area contributed by atoms with Gasteiger partial charge in [0.15, 0.2) is 6.10 Å². The van der Waals surface area contributed by atoms with Gasteiger partial charge in [-0.15, -0.1) is 0 Å². The fourth-order valence-corrected chi connectivity index (χ4v) is 1.95. The number of amides is 1. The van der Waals surface area contributed by atoms with Crippen molar-refractivity contribution in [2.75, 3.05) is 20.3 Å². The smallest absolute Gasteiger partial charge is 0.261 e. The molecule has 1 aromatic carbocycles. The first-order valence-corrected chi connectivity index (χ1v) is 7.09. The Morgan fingerprint density at radius 1 is 1.35 bits per heavy atom. The van der Waals surface area contributed by atoms with Gasteiger partial charge in [-0.2, -0.15) is 0 Å². The molecule has 0 aromatic heterocycles. The van der Waals surface area contributed by atoms with Gasteiger partial charge >= 0.3 is 0 Å². The van der Waals surface area contributed by atoms with E-state index in [0.717, 1.165) is 17.7 Å². The minimum Gasteiger partial charge on any atom is -0.480 e. The second kappa shape index (κ2) is 8.59. The molecule has 0 heterocycles. The Balaban J connectivity index is 2.55. The van der Waals surface area contributed by atoms with Gasteiger partial charge in [-0.1, -0.05) is 24.6 Å².